The van der Waals surface area contributed by atoms with E-state index in [0.717, 1.165) is 43.2 Å². The molecule has 1 fully saturated rings. The van der Waals surface area contributed by atoms with Crippen molar-refractivity contribution in [2.75, 3.05) is 19.6 Å². The lowest BCUT2D eigenvalue weighted by Crippen LogP contribution is -2.33. The third-order valence-corrected chi connectivity index (χ3v) is 5.37. The lowest BCUT2D eigenvalue weighted by Gasteiger charge is -2.20. The van der Waals surface area contributed by atoms with Gasteiger partial charge in [-0.3, -0.25) is 0 Å². The van der Waals surface area contributed by atoms with Gasteiger partial charge in [-0.25, -0.2) is 5.01 Å². The van der Waals surface area contributed by atoms with Crippen molar-refractivity contribution in [2.24, 2.45) is 0 Å². The van der Waals surface area contributed by atoms with Crippen LogP contribution in [-0.4, -0.2) is 29.8 Å². The summed E-state index contributed by atoms with van der Waals surface area (Å²) in [6.07, 6.45) is 6.24. The molecule has 5 nitrogen and oxygen atoms in total. The maximum absolute atomic E-state index is 5.07. The first-order chi connectivity index (χ1) is 12.7. The Morgan fingerprint density at radius 3 is 2.58 bits per heavy atom. The average Bonchev–Trinajstić information content (AvgIpc) is 2.92. The quantitative estimate of drug-likeness (QED) is 0.678. The monoisotopic (exact) mass is 372 g/mol. The molecule has 0 radical (unpaired) electrons. The second kappa shape index (κ2) is 9.80. The molecule has 1 aliphatic heterocycles. The molecule has 1 saturated heterocycles. The van der Waals surface area contributed by atoms with E-state index in [1.165, 1.54) is 36.1 Å². The van der Waals surface area contributed by atoms with E-state index in [1.807, 2.05) is 13.0 Å². The van der Waals surface area contributed by atoms with Gasteiger partial charge in [0.25, 0.3) is 0 Å². The molecule has 3 rings (SSSR count). The standard InChI is InChI=1S/C20H28N4OS/c1-16-15-20(22-25-16)17(2)21-12-11-18-7-9-19(10-8-18)26-23-24-13-5-3-4-6-14-24/h7-10,15,21,23H,2-6,11-14H2,1H3. The van der Waals surface area contributed by atoms with E-state index in [-0.39, 0.29) is 0 Å². The molecule has 1 aliphatic rings. The topological polar surface area (TPSA) is 53.3 Å². The van der Waals surface area contributed by atoms with Gasteiger partial charge in [0.2, 0.25) is 0 Å². The Morgan fingerprint density at radius 2 is 1.92 bits per heavy atom. The lowest BCUT2D eigenvalue weighted by atomic mass is 10.1. The highest BCUT2D eigenvalue weighted by molar-refractivity contribution is 7.97. The van der Waals surface area contributed by atoms with Crippen molar-refractivity contribution in [2.45, 2.75) is 43.9 Å². The Hall–Kier alpha value is -1.76. The van der Waals surface area contributed by atoms with E-state index in [0.29, 0.717) is 0 Å². The first kappa shape index (κ1) is 19.0. The molecule has 0 aliphatic carbocycles. The number of rotatable bonds is 8. The minimum atomic E-state index is 0.772. The predicted molar refractivity (Wildman–Crippen MR) is 107 cm³/mol. The smallest absolute Gasteiger partial charge is 0.134 e. The minimum absolute atomic E-state index is 0.772. The summed E-state index contributed by atoms with van der Waals surface area (Å²) < 4.78 is 5.07. The highest BCUT2D eigenvalue weighted by Crippen LogP contribution is 2.18. The van der Waals surface area contributed by atoms with E-state index < -0.39 is 0 Å². The molecule has 0 unspecified atom stereocenters. The Morgan fingerprint density at radius 1 is 1.19 bits per heavy atom. The van der Waals surface area contributed by atoms with Gasteiger partial charge in [0.15, 0.2) is 0 Å². The SMILES string of the molecule is C=C(NCCc1ccc(SNN2CCCCCC2)cc1)c1cc(C)on1. The van der Waals surface area contributed by atoms with Crippen molar-refractivity contribution in [3.05, 3.63) is 53.9 Å². The number of hydrazine groups is 1. The predicted octanol–water partition coefficient (Wildman–Crippen LogP) is 4.17. The molecule has 1 aromatic carbocycles. The van der Waals surface area contributed by atoms with Crippen molar-refractivity contribution in [1.82, 2.24) is 20.3 Å². The van der Waals surface area contributed by atoms with Crippen LogP contribution in [0, 0.1) is 6.92 Å². The number of nitrogens with one attached hydrogen (secondary N) is 2. The Labute approximate surface area is 160 Å². The molecule has 0 spiro atoms. The Kier molecular flexibility index (Phi) is 7.17. The van der Waals surface area contributed by atoms with Crippen LogP contribution in [0.2, 0.25) is 0 Å². The summed E-state index contributed by atoms with van der Waals surface area (Å²) in [5.74, 6) is 0.796. The van der Waals surface area contributed by atoms with Crippen molar-refractivity contribution < 1.29 is 4.52 Å². The zero-order valence-electron chi connectivity index (χ0n) is 15.5. The Balaban J connectivity index is 1.39. The zero-order chi connectivity index (χ0) is 18.2. The van der Waals surface area contributed by atoms with Gasteiger partial charge in [-0.1, -0.05) is 36.7 Å². The largest absolute Gasteiger partial charge is 0.383 e. The molecule has 26 heavy (non-hydrogen) atoms. The third-order valence-electron chi connectivity index (χ3n) is 4.51. The van der Waals surface area contributed by atoms with Crippen LogP contribution < -0.4 is 10.1 Å². The fourth-order valence-electron chi connectivity index (χ4n) is 2.96. The van der Waals surface area contributed by atoms with Crippen LogP contribution in [0.1, 0.15) is 42.7 Å². The molecule has 0 atom stereocenters. The molecular weight excluding hydrogens is 344 g/mol. The molecule has 0 saturated carbocycles. The number of aryl methyl sites for hydroxylation is 1. The second-order valence-corrected chi connectivity index (χ2v) is 7.57. The molecule has 2 N–H and O–H groups in total. The van der Waals surface area contributed by atoms with E-state index in [1.54, 1.807) is 11.9 Å². The highest BCUT2D eigenvalue weighted by Gasteiger charge is 2.08. The Bertz CT molecular complexity index is 690. The summed E-state index contributed by atoms with van der Waals surface area (Å²) in [6.45, 7) is 9.00. The van der Waals surface area contributed by atoms with Crippen LogP contribution in [0.3, 0.4) is 0 Å². The number of hydrogen-bond donors (Lipinski definition) is 2. The van der Waals surface area contributed by atoms with E-state index in [4.69, 9.17) is 4.52 Å². The van der Waals surface area contributed by atoms with Gasteiger partial charge < -0.3 is 9.84 Å². The zero-order valence-corrected chi connectivity index (χ0v) is 16.3. The molecule has 0 amide bonds. The lowest BCUT2D eigenvalue weighted by molar-refractivity contribution is 0.261. The van der Waals surface area contributed by atoms with Crippen molar-refractivity contribution >= 4 is 17.6 Å². The van der Waals surface area contributed by atoms with E-state index in [9.17, 15) is 0 Å². The van der Waals surface area contributed by atoms with Crippen LogP contribution in [0.15, 0.2) is 46.3 Å². The van der Waals surface area contributed by atoms with Gasteiger partial charge in [0.05, 0.1) is 5.70 Å². The molecule has 2 heterocycles. The van der Waals surface area contributed by atoms with E-state index in [2.05, 4.69) is 51.2 Å². The van der Waals surface area contributed by atoms with Crippen LogP contribution >= 0.6 is 11.9 Å². The molecule has 1 aromatic heterocycles. The number of benzene rings is 1. The number of nitrogens with zero attached hydrogens (tertiary/aromatic N) is 2. The van der Waals surface area contributed by atoms with Gasteiger partial charge in [0, 0.05) is 30.6 Å². The molecule has 140 valence electrons. The van der Waals surface area contributed by atoms with Crippen molar-refractivity contribution in [3.63, 3.8) is 0 Å². The molecule has 6 heteroatoms. The summed E-state index contributed by atoms with van der Waals surface area (Å²) in [7, 11) is 0. The van der Waals surface area contributed by atoms with Gasteiger partial charge in [0.1, 0.15) is 11.5 Å². The van der Waals surface area contributed by atoms with Gasteiger partial charge in [-0.15, -0.1) is 0 Å². The molecular formula is C20H28N4OS. The summed E-state index contributed by atoms with van der Waals surface area (Å²) in [5.41, 5.74) is 2.88. The maximum Gasteiger partial charge on any atom is 0.134 e. The first-order valence-corrected chi connectivity index (χ1v) is 10.2. The van der Waals surface area contributed by atoms with Crippen LogP contribution in [-0.2, 0) is 6.42 Å². The van der Waals surface area contributed by atoms with Crippen LogP contribution in [0.5, 0.6) is 0 Å². The van der Waals surface area contributed by atoms with Gasteiger partial charge in [-0.2, -0.15) is 4.83 Å². The third kappa shape index (κ3) is 5.90. The second-order valence-electron chi connectivity index (χ2n) is 6.72. The summed E-state index contributed by atoms with van der Waals surface area (Å²) in [5, 5.41) is 9.62. The summed E-state index contributed by atoms with van der Waals surface area (Å²) >= 11 is 1.70. The van der Waals surface area contributed by atoms with Crippen molar-refractivity contribution in [3.8, 4) is 0 Å². The highest BCUT2D eigenvalue weighted by atomic mass is 32.2. The average molecular weight is 373 g/mol. The first-order valence-electron chi connectivity index (χ1n) is 9.33. The number of hydrogen-bond acceptors (Lipinski definition) is 6. The summed E-state index contributed by atoms with van der Waals surface area (Å²) in [6, 6.07) is 10.6. The van der Waals surface area contributed by atoms with Crippen LogP contribution in [0.25, 0.3) is 5.70 Å². The van der Waals surface area contributed by atoms with Gasteiger partial charge >= 0.3 is 0 Å². The minimum Gasteiger partial charge on any atom is -0.383 e. The molecule has 2 aromatic rings. The fraction of sp³-hybridized carbons (Fsp3) is 0.450. The molecule has 0 bridgehead atoms. The van der Waals surface area contributed by atoms with E-state index >= 15 is 0 Å². The normalized spacial score (nSPS) is 15.6. The number of aromatic nitrogens is 1. The summed E-state index contributed by atoms with van der Waals surface area (Å²) in [4.78, 5) is 4.73. The maximum atomic E-state index is 5.07. The van der Waals surface area contributed by atoms with Crippen molar-refractivity contribution in [1.29, 1.82) is 0 Å². The van der Waals surface area contributed by atoms with Crippen LogP contribution in [0.4, 0.5) is 0 Å². The fourth-order valence-corrected chi connectivity index (χ4v) is 3.65. The van der Waals surface area contributed by atoms with Gasteiger partial charge in [-0.05, 0) is 55.8 Å².